The van der Waals surface area contributed by atoms with Crippen molar-refractivity contribution >= 4 is 46.6 Å². The van der Waals surface area contributed by atoms with Crippen molar-refractivity contribution in [1.82, 2.24) is 19.4 Å². The third kappa shape index (κ3) is 32.2. The third-order valence-electron chi connectivity index (χ3n) is 16.8. The molecule has 3 heterocycles. The molecule has 1 aliphatic rings. The first-order valence-electron chi connectivity index (χ1n) is 33.2. The molecule has 0 spiro atoms. The number of hydrogen-bond acceptors (Lipinski definition) is 12. The summed E-state index contributed by atoms with van der Waals surface area (Å²) >= 11 is 0. The van der Waals surface area contributed by atoms with Gasteiger partial charge in [0.25, 0.3) is 0 Å². The van der Waals surface area contributed by atoms with E-state index in [1.807, 2.05) is 19.2 Å². The van der Waals surface area contributed by atoms with Gasteiger partial charge in [0.2, 0.25) is 11.8 Å². The van der Waals surface area contributed by atoms with Crippen LogP contribution in [0.4, 0.5) is 5.82 Å². The number of carbonyl (C=O) groups excluding carboxylic acids is 5. The summed E-state index contributed by atoms with van der Waals surface area (Å²) in [5, 5.41) is 9.86. The Hall–Kier alpha value is -4.54. The molecule has 81 heavy (non-hydrogen) atoms. The lowest BCUT2D eigenvalue weighted by Crippen LogP contribution is -2.52. The lowest BCUT2D eigenvalue weighted by atomic mass is 9.92. The zero-order chi connectivity index (χ0) is 58.6. The van der Waals surface area contributed by atoms with E-state index in [-0.39, 0.29) is 67.7 Å². The van der Waals surface area contributed by atoms with Crippen LogP contribution in [0, 0.1) is 23.2 Å². The number of hydrogen-bond donors (Lipinski definition) is 0. The lowest BCUT2D eigenvalue weighted by molar-refractivity contribution is -0.167. The predicted octanol–water partition coefficient (Wildman–Crippen LogP) is 16.9. The summed E-state index contributed by atoms with van der Waals surface area (Å²) < 4.78 is 18.7. The summed E-state index contributed by atoms with van der Waals surface area (Å²) in [6.07, 6.45) is 47.3. The number of rotatable bonds is 50. The van der Waals surface area contributed by atoms with E-state index in [1.54, 1.807) is 15.7 Å². The molecule has 1 saturated heterocycles. The van der Waals surface area contributed by atoms with Gasteiger partial charge >= 0.3 is 17.9 Å². The van der Waals surface area contributed by atoms with E-state index >= 15 is 0 Å². The maximum absolute atomic E-state index is 13.4. The zero-order valence-electron chi connectivity index (χ0n) is 52.0. The fourth-order valence-electron chi connectivity index (χ4n) is 11.5. The van der Waals surface area contributed by atoms with Gasteiger partial charge in [0, 0.05) is 52.0 Å². The number of esters is 3. The van der Waals surface area contributed by atoms with Crippen molar-refractivity contribution in [2.45, 2.75) is 310 Å². The average Bonchev–Trinajstić information content (AvgIpc) is 4.08. The Morgan fingerprint density at radius 1 is 0.617 bits per heavy atom. The van der Waals surface area contributed by atoms with Crippen molar-refractivity contribution < 1.29 is 38.2 Å². The molecular formula is C67H114N6O8. The second kappa shape index (κ2) is 45.9. The summed E-state index contributed by atoms with van der Waals surface area (Å²) in [6.45, 7) is 9.72. The van der Waals surface area contributed by atoms with Crippen LogP contribution in [0.1, 0.15) is 302 Å². The molecule has 0 bridgehead atoms. The second-order valence-electron chi connectivity index (χ2n) is 24.1. The number of amides is 1. The molecule has 1 unspecified atom stereocenters. The topological polar surface area (TPSA) is 174 Å². The van der Waals surface area contributed by atoms with Crippen LogP contribution in [0.3, 0.4) is 0 Å². The van der Waals surface area contributed by atoms with Gasteiger partial charge < -0.3 is 24.0 Å². The van der Waals surface area contributed by atoms with Gasteiger partial charge in [0.15, 0.2) is 11.8 Å². The standard InChI is InChI=1S/C67H114N6O8/c1-6-8-10-12-14-16-18-20-22-27-31-35-39-43-63(76)79-53-58(54-80-64(77)44-40-36-32-28-23-21-19-17-15-13-11-9-7-2)81-65(78)51-56(3)41-37-33-29-25-24-26-30-34-38-42-62(75)73-50-47-59-66(69-55-70-67(59)73)71(5)60-52-72(49-46-57(60)4)61(74)45-48-68/h47,50,55-58,60H,6-46,49,51-54H2,1-5H3/t56?,57-,60+/m1/s1. The van der Waals surface area contributed by atoms with Crippen molar-refractivity contribution in [1.29, 1.82) is 5.26 Å². The van der Waals surface area contributed by atoms with Gasteiger partial charge in [0.1, 0.15) is 31.8 Å². The number of piperidine rings is 1. The van der Waals surface area contributed by atoms with E-state index < -0.39 is 6.10 Å². The molecule has 460 valence electrons. The minimum absolute atomic E-state index is 0.0195. The minimum atomic E-state index is -0.825. The summed E-state index contributed by atoms with van der Waals surface area (Å²) in [5.41, 5.74) is 0.593. The average molecular weight is 1130 g/mol. The zero-order valence-corrected chi connectivity index (χ0v) is 52.0. The number of likely N-dealkylation sites (N-methyl/N-ethyl adjacent to an activating group) is 1. The van der Waals surface area contributed by atoms with Gasteiger partial charge in [-0.3, -0.25) is 28.5 Å². The highest BCUT2D eigenvalue weighted by atomic mass is 16.6. The number of nitrogens with zero attached hydrogens (tertiary/aromatic N) is 6. The molecule has 1 aliphatic heterocycles. The number of ether oxygens (including phenoxy) is 3. The Bertz CT molecular complexity index is 1990. The molecule has 3 atom stereocenters. The molecule has 0 saturated carbocycles. The summed E-state index contributed by atoms with van der Waals surface area (Å²) in [5.74, 6) is 0.114. The minimum Gasteiger partial charge on any atom is -0.462 e. The second-order valence-corrected chi connectivity index (χ2v) is 24.1. The first kappa shape index (κ1) is 70.7. The first-order chi connectivity index (χ1) is 39.5. The van der Waals surface area contributed by atoms with Crippen LogP contribution in [0.2, 0.25) is 0 Å². The van der Waals surface area contributed by atoms with Crippen LogP contribution in [-0.4, -0.2) is 94.7 Å². The van der Waals surface area contributed by atoms with Crippen LogP contribution in [0.15, 0.2) is 18.6 Å². The van der Waals surface area contributed by atoms with E-state index in [1.165, 1.54) is 135 Å². The van der Waals surface area contributed by atoms with Crippen LogP contribution in [0.25, 0.3) is 11.0 Å². The molecule has 14 heteroatoms. The summed E-state index contributed by atoms with van der Waals surface area (Å²) in [6, 6.07) is 3.90. The molecule has 0 N–H and O–H groups in total. The van der Waals surface area contributed by atoms with Crippen molar-refractivity contribution in [2.24, 2.45) is 11.8 Å². The number of nitriles is 1. The van der Waals surface area contributed by atoms with Gasteiger partial charge in [-0.1, -0.05) is 240 Å². The van der Waals surface area contributed by atoms with Crippen LogP contribution in [0.5, 0.6) is 0 Å². The highest BCUT2D eigenvalue weighted by Crippen LogP contribution is 2.30. The predicted molar refractivity (Wildman–Crippen MR) is 328 cm³/mol. The smallest absolute Gasteiger partial charge is 0.306 e. The Balaban J connectivity index is 1.29. The van der Waals surface area contributed by atoms with E-state index in [9.17, 15) is 24.0 Å². The van der Waals surface area contributed by atoms with Gasteiger partial charge in [-0.2, -0.15) is 5.26 Å². The fourth-order valence-corrected chi connectivity index (χ4v) is 11.5. The number of likely N-dealkylation sites (tertiary alicyclic amines) is 1. The third-order valence-corrected chi connectivity index (χ3v) is 16.8. The van der Waals surface area contributed by atoms with Gasteiger partial charge in [-0.15, -0.1) is 0 Å². The molecular weight excluding hydrogens is 1020 g/mol. The molecule has 3 rings (SSSR count). The molecule has 1 amide bonds. The van der Waals surface area contributed by atoms with E-state index in [0.717, 1.165) is 120 Å². The Kier molecular flexibility index (Phi) is 40.1. The quantitative estimate of drug-likeness (QED) is 0.0349. The monoisotopic (exact) mass is 1130 g/mol. The van der Waals surface area contributed by atoms with Crippen molar-refractivity contribution in [3.05, 3.63) is 18.6 Å². The summed E-state index contributed by atoms with van der Waals surface area (Å²) in [7, 11) is 1.98. The Morgan fingerprint density at radius 3 is 1.53 bits per heavy atom. The van der Waals surface area contributed by atoms with Gasteiger partial charge in [-0.25, -0.2) is 9.97 Å². The molecule has 0 aliphatic carbocycles. The molecule has 14 nitrogen and oxygen atoms in total. The number of fused-ring (bicyclic) bond motifs is 1. The van der Waals surface area contributed by atoms with Crippen molar-refractivity contribution in [3.8, 4) is 6.07 Å². The van der Waals surface area contributed by atoms with Gasteiger partial charge in [-0.05, 0) is 43.6 Å². The highest BCUT2D eigenvalue weighted by Gasteiger charge is 2.33. The van der Waals surface area contributed by atoms with E-state index in [0.29, 0.717) is 43.9 Å². The lowest BCUT2D eigenvalue weighted by Gasteiger charge is -2.42. The first-order valence-corrected chi connectivity index (χ1v) is 33.2. The molecule has 0 aromatic carbocycles. The number of carbonyl (C=O) groups is 5. The maximum atomic E-state index is 13.4. The van der Waals surface area contributed by atoms with Crippen molar-refractivity contribution in [3.63, 3.8) is 0 Å². The number of anilines is 1. The number of aromatic nitrogens is 3. The Morgan fingerprint density at radius 2 is 1.06 bits per heavy atom. The Labute approximate surface area is 491 Å². The SMILES string of the molecule is CCCCCCCCCCCCCCCC(=O)OCC(COC(=O)CCCCCCCCCCCCCCC)OC(=O)CC(C)CCCCCCCCCCCC(=O)n1ccc2c(N(C)[C@H]3CN(C(=O)CC#N)CC[C@H]3C)ncnc21. The molecule has 0 radical (unpaired) electrons. The van der Waals surface area contributed by atoms with E-state index in [4.69, 9.17) is 19.5 Å². The van der Waals surface area contributed by atoms with Crippen LogP contribution < -0.4 is 4.90 Å². The van der Waals surface area contributed by atoms with E-state index in [2.05, 4.69) is 42.6 Å². The van der Waals surface area contributed by atoms with Crippen LogP contribution in [-0.2, 0) is 33.4 Å². The maximum Gasteiger partial charge on any atom is 0.306 e. The highest BCUT2D eigenvalue weighted by molar-refractivity contribution is 5.95. The van der Waals surface area contributed by atoms with Crippen LogP contribution >= 0.6 is 0 Å². The molecule has 1 fully saturated rings. The fraction of sp³-hybridized carbons (Fsp3) is 0.821. The summed E-state index contributed by atoms with van der Waals surface area (Å²) in [4.78, 5) is 77.6. The molecule has 2 aromatic rings. The largest absolute Gasteiger partial charge is 0.462 e. The van der Waals surface area contributed by atoms with Crippen molar-refractivity contribution in [2.75, 3.05) is 38.3 Å². The molecule has 2 aromatic heterocycles. The number of unbranched alkanes of at least 4 members (excludes halogenated alkanes) is 32. The normalized spacial score (nSPS) is 14.8. The van der Waals surface area contributed by atoms with Gasteiger partial charge in [0.05, 0.1) is 17.5 Å².